The molecule has 2 bridgehead atoms. The van der Waals surface area contributed by atoms with Gasteiger partial charge in [0.15, 0.2) is 11.5 Å². The maximum absolute atomic E-state index is 6.52. The molecule has 0 aromatic heterocycles. The number of methoxy groups -OCH3 is 2. The molecule has 0 amide bonds. The molecule has 1 fully saturated rings. The second-order valence-electron chi connectivity index (χ2n) is 8.63. The third-order valence-corrected chi connectivity index (χ3v) is 7.02. The molecule has 0 spiro atoms. The van der Waals surface area contributed by atoms with E-state index in [-0.39, 0.29) is 11.3 Å². The van der Waals surface area contributed by atoms with Crippen molar-refractivity contribution in [1.82, 2.24) is 4.90 Å². The first-order chi connectivity index (χ1) is 14.6. The Hall–Kier alpha value is -2.72. The standard InChI is InChI=1S/C26H29NO3/c1-17-14-20-21-15-18-10-11-22(28-3)25(30-19-8-6-5-7-9-19)24(18)26(20,12-13-27(21)2)16-23(17)29-4/h5-11,14,16-17,21H,12-13,15H2,1-4H3/t17-,21-,26+/m1/s1. The molecule has 3 atom stereocenters. The Balaban J connectivity index is 1.77. The molecule has 3 aliphatic rings. The maximum Gasteiger partial charge on any atom is 0.173 e. The van der Waals surface area contributed by atoms with Gasteiger partial charge in [-0.25, -0.2) is 0 Å². The number of ether oxygens (including phenoxy) is 3. The summed E-state index contributed by atoms with van der Waals surface area (Å²) in [6.07, 6.45) is 6.77. The molecule has 0 radical (unpaired) electrons. The quantitative estimate of drug-likeness (QED) is 0.665. The summed E-state index contributed by atoms with van der Waals surface area (Å²) in [6, 6.07) is 14.7. The molecule has 4 nitrogen and oxygen atoms in total. The largest absolute Gasteiger partial charge is 0.501 e. The van der Waals surface area contributed by atoms with Crippen LogP contribution in [0.15, 0.2) is 65.9 Å². The number of nitrogens with zero attached hydrogens (tertiary/aromatic N) is 1. The van der Waals surface area contributed by atoms with Crippen LogP contribution < -0.4 is 9.47 Å². The number of fused-ring (bicyclic) bond motifs is 1. The van der Waals surface area contributed by atoms with Crippen LogP contribution >= 0.6 is 0 Å². The lowest BCUT2D eigenvalue weighted by atomic mass is 9.58. The van der Waals surface area contributed by atoms with E-state index >= 15 is 0 Å². The fourth-order valence-electron chi connectivity index (χ4n) is 5.52. The Labute approximate surface area is 178 Å². The Morgan fingerprint density at radius 1 is 1.03 bits per heavy atom. The maximum atomic E-state index is 6.52. The van der Waals surface area contributed by atoms with Gasteiger partial charge >= 0.3 is 0 Å². The zero-order chi connectivity index (χ0) is 20.9. The van der Waals surface area contributed by atoms with E-state index in [9.17, 15) is 0 Å². The van der Waals surface area contributed by atoms with E-state index < -0.39 is 0 Å². The lowest BCUT2D eigenvalue weighted by Crippen LogP contribution is -2.54. The predicted octanol–water partition coefficient (Wildman–Crippen LogP) is 5.09. The molecular weight excluding hydrogens is 374 g/mol. The molecule has 0 unspecified atom stereocenters. The van der Waals surface area contributed by atoms with Gasteiger partial charge in [0.1, 0.15) is 5.75 Å². The summed E-state index contributed by atoms with van der Waals surface area (Å²) >= 11 is 0. The Kier molecular flexibility index (Phi) is 4.62. The van der Waals surface area contributed by atoms with Crippen molar-refractivity contribution >= 4 is 0 Å². The van der Waals surface area contributed by atoms with Crippen LogP contribution in [-0.2, 0) is 16.6 Å². The van der Waals surface area contributed by atoms with Crippen molar-refractivity contribution in [2.45, 2.75) is 31.2 Å². The second-order valence-corrected chi connectivity index (χ2v) is 8.63. The number of benzene rings is 2. The number of likely N-dealkylation sites (N-methyl/N-ethyl adjacent to an activating group) is 1. The molecule has 5 rings (SSSR count). The van der Waals surface area contributed by atoms with Crippen LogP contribution in [0.1, 0.15) is 24.5 Å². The fraction of sp³-hybridized carbons (Fsp3) is 0.385. The first-order valence-corrected chi connectivity index (χ1v) is 10.7. The minimum Gasteiger partial charge on any atom is -0.501 e. The highest BCUT2D eigenvalue weighted by atomic mass is 16.5. The summed E-state index contributed by atoms with van der Waals surface area (Å²) in [5.74, 6) is 3.73. The Bertz CT molecular complexity index is 1030. The van der Waals surface area contributed by atoms with Gasteiger partial charge in [0.25, 0.3) is 0 Å². The van der Waals surface area contributed by atoms with E-state index in [1.807, 2.05) is 36.4 Å². The van der Waals surface area contributed by atoms with Gasteiger partial charge in [-0.15, -0.1) is 0 Å². The minimum atomic E-state index is -0.221. The van der Waals surface area contributed by atoms with Gasteiger partial charge in [-0.05, 0) is 61.8 Å². The molecule has 156 valence electrons. The summed E-state index contributed by atoms with van der Waals surface area (Å²) in [6.45, 7) is 3.25. The highest BCUT2D eigenvalue weighted by Crippen LogP contribution is 2.57. The zero-order valence-electron chi connectivity index (χ0n) is 18.1. The molecule has 1 heterocycles. The van der Waals surface area contributed by atoms with Crippen molar-refractivity contribution in [2.75, 3.05) is 27.8 Å². The van der Waals surface area contributed by atoms with E-state index in [1.54, 1.807) is 14.2 Å². The first kappa shape index (κ1) is 19.3. The molecule has 30 heavy (non-hydrogen) atoms. The van der Waals surface area contributed by atoms with Crippen LogP contribution in [0.25, 0.3) is 0 Å². The topological polar surface area (TPSA) is 30.9 Å². The van der Waals surface area contributed by atoms with E-state index in [0.29, 0.717) is 6.04 Å². The number of hydrogen-bond acceptors (Lipinski definition) is 4. The SMILES string of the molecule is COC1=C[C@]23CCN(C)[C@H](Cc4ccc(OC)c(Oc5ccccc5)c42)C3=C[C@H]1C. The fourth-order valence-corrected chi connectivity index (χ4v) is 5.52. The number of rotatable bonds is 4. The number of para-hydroxylation sites is 1. The third kappa shape index (κ3) is 2.78. The summed E-state index contributed by atoms with van der Waals surface area (Å²) in [7, 11) is 5.74. The van der Waals surface area contributed by atoms with Crippen molar-refractivity contribution in [3.63, 3.8) is 0 Å². The number of likely N-dealkylation sites (tertiary alicyclic amines) is 1. The van der Waals surface area contributed by atoms with Crippen LogP contribution in [0.5, 0.6) is 17.2 Å². The van der Waals surface area contributed by atoms with E-state index in [2.05, 4.69) is 37.1 Å². The minimum absolute atomic E-state index is 0.221. The van der Waals surface area contributed by atoms with E-state index in [4.69, 9.17) is 14.2 Å². The molecule has 1 saturated heterocycles. The molecule has 0 saturated carbocycles. The van der Waals surface area contributed by atoms with Gasteiger partial charge in [-0.1, -0.05) is 37.3 Å². The summed E-state index contributed by atoms with van der Waals surface area (Å²) in [5.41, 5.74) is 3.82. The third-order valence-electron chi connectivity index (χ3n) is 7.02. The molecule has 2 aromatic carbocycles. The number of allylic oxidation sites excluding steroid dienone is 2. The molecule has 2 aromatic rings. The normalized spacial score (nSPS) is 27.3. The van der Waals surface area contributed by atoms with Gasteiger partial charge < -0.3 is 14.2 Å². The second kappa shape index (κ2) is 7.21. The summed E-state index contributed by atoms with van der Waals surface area (Å²) in [4.78, 5) is 2.49. The van der Waals surface area contributed by atoms with Crippen LogP contribution in [0, 0.1) is 5.92 Å². The molecule has 4 heteroatoms. The van der Waals surface area contributed by atoms with Gasteiger partial charge in [-0.2, -0.15) is 0 Å². The zero-order valence-corrected chi connectivity index (χ0v) is 18.1. The van der Waals surface area contributed by atoms with E-state index in [1.165, 1.54) is 16.7 Å². The first-order valence-electron chi connectivity index (χ1n) is 10.7. The lowest BCUT2D eigenvalue weighted by Gasteiger charge is -2.53. The van der Waals surface area contributed by atoms with Crippen molar-refractivity contribution in [3.8, 4) is 17.2 Å². The highest BCUT2D eigenvalue weighted by molar-refractivity contribution is 5.65. The monoisotopic (exact) mass is 403 g/mol. The van der Waals surface area contributed by atoms with Gasteiger partial charge in [0.2, 0.25) is 0 Å². The Morgan fingerprint density at radius 3 is 2.57 bits per heavy atom. The van der Waals surface area contributed by atoms with Crippen LogP contribution in [0.2, 0.25) is 0 Å². The van der Waals surface area contributed by atoms with Crippen LogP contribution in [0.3, 0.4) is 0 Å². The van der Waals surface area contributed by atoms with Gasteiger partial charge in [0, 0.05) is 22.9 Å². The average Bonchev–Trinajstić information content (AvgIpc) is 2.76. The van der Waals surface area contributed by atoms with E-state index in [0.717, 1.165) is 42.4 Å². The molecular formula is C26H29NO3. The van der Waals surface area contributed by atoms with Crippen molar-refractivity contribution in [3.05, 3.63) is 77.1 Å². The molecule has 1 aliphatic heterocycles. The summed E-state index contributed by atoms with van der Waals surface area (Å²) in [5, 5.41) is 0. The molecule has 2 aliphatic carbocycles. The van der Waals surface area contributed by atoms with Gasteiger partial charge in [0.05, 0.1) is 20.0 Å². The van der Waals surface area contributed by atoms with Crippen LogP contribution in [-0.4, -0.2) is 38.8 Å². The van der Waals surface area contributed by atoms with Crippen molar-refractivity contribution in [1.29, 1.82) is 0 Å². The number of piperidine rings is 1. The lowest BCUT2D eigenvalue weighted by molar-refractivity contribution is 0.171. The summed E-state index contributed by atoms with van der Waals surface area (Å²) < 4.78 is 18.1. The highest BCUT2D eigenvalue weighted by Gasteiger charge is 2.52. The van der Waals surface area contributed by atoms with Crippen LogP contribution in [0.4, 0.5) is 0 Å². The van der Waals surface area contributed by atoms with Gasteiger partial charge in [-0.3, -0.25) is 4.90 Å². The Morgan fingerprint density at radius 2 is 1.83 bits per heavy atom. The average molecular weight is 404 g/mol. The smallest absolute Gasteiger partial charge is 0.173 e. The molecule has 0 N–H and O–H groups in total. The predicted molar refractivity (Wildman–Crippen MR) is 118 cm³/mol. The number of hydrogen-bond donors (Lipinski definition) is 0. The van der Waals surface area contributed by atoms with Crippen molar-refractivity contribution < 1.29 is 14.2 Å². The van der Waals surface area contributed by atoms with Crippen molar-refractivity contribution in [2.24, 2.45) is 5.92 Å².